The third kappa shape index (κ3) is 3.83. The van der Waals surface area contributed by atoms with Crippen molar-refractivity contribution in [1.82, 2.24) is 10.3 Å². The molecule has 1 N–H and O–H groups in total. The van der Waals surface area contributed by atoms with Crippen molar-refractivity contribution < 1.29 is 9.53 Å². The number of pyridine rings is 1. The fourth-order valence-corrected chi connectivity index (χ4v) is 3.64. The Labute approximate surface area is 163 Å². The van der Waals surface area contributed by atoms with Crippen LogP contribution in [0.15, 0.2) is 71.8 Å². The number of amides is 1. The maximum absolute atomic E-state index is 12.4. The number of benzene rings is 2. The zero-order valence-corrected chi connectivity index (χ0v) is 15.8. The molecule has 1 unspecified atom stereocenters. The van der Waals surface area contributed by atoms with E-state index in [1.807, 2.05) is 60.9 Å². The van der Waals surface area contributed by atoms with Crippen molar-refractivity contribution in [3.05, 3.63) is 78.0 Å². The van der Waals surface area contributed by atoms with Gasteiger partial charge >= 0.3 is 0 Å². The largest absolute Gasteiger partial charge is 0.487 e. The van der Waals surface area contributed by atoms with Gasteiger partial charge in [0.05, 0.1) is 12.2 Å². The quantitative estimate of drug-likeness (QED) is 0.678. The van der Waals surface area contributed by atoms with Crippen molar-refractivity contribution in [2.24, 2.45) is 0 Å². The maximum atomic E-state index is 12.4. The first kappa shape index (κ1) is 17.6. The van der Waals surface area contributed by atoms with Crippen molar-refractivity contribution in [2.45, 2.75) is 17.4 Å². The molecule has 1 aliphatic heterocycles. The lowest BCUT2D eigenvalue weighted by Crippen LogP contribution is -2.34. The van der Waals surface area contributed by atoms with Gasteiger partial charge in [-0.15, -0.1) is 11.8 Å². The summed E-state index contributed by atoms with van der Waals surface area (Å²) in [5.74, 6) is 0.798. The van der Waals surface area contributed by atoms with Gasteiger partial charge in [-0.2, -0.15) is 0 Å². The Hall–Kier alpha value is -2.79. The highest BCUT2D eigenvalue weighted by Gasteiger charge is 2.26. The smallest absolute Gasteiger partial charge is 0.251 e. The van der Waals surface area contributed by atoms with Crippen LogP contribution in [0.2, 0.25) is 0 Å². The van der Waals surface area contributed by atoms with Gasteiger partial charge in [0.1, 0.15) is 11.9 Å². The van der Waals surface area contributed by atoms with E-state index in [2.05, 4.69) is 16.4 Å². The summed E-state index contributed by atoms with van der Waals surface area (Å²) in [7, 11) is 0. The number of ether oxygens (including phenoxy) is 1. The number of hydrogen-bond acceptors (Lipinski definition) is 4. The predicted octanol–water partition coefficient (Wildman–Crippen LogP) is 4.20. The Morgan fingerprint density at radius 2 is 2.00 bits per heavy atom. The number of rotatable bonds is 5. The van der Waals surface area contributed by atoms with Crippen LogP contribution >= 0.6 is 11.8 Å². The van der Waals surface area contributed by atoms with Gasteiger partial charge in [-0.1, -0.05) is 18.2 Å². The van der Waals surface area contributed by atoms with E-state index >= 15 is 0 Å². The molecule has 1 amide bonds. The zero-order valence-electron chi connectivity index (χ0n) is 15.0. The minimum absolute atomic E-state index is 0.0701. The minimum Gasteiger partial charge on any atom is -0.487 e. The van der Waals surface area contributed by atoms with Gasteiger partial charge in [-0.25, -0.2) is 0 Å². The van der Waals surface area contributed by atoms with Crippen molar-refractivity contribution in [3.8, 4) is 17.0 Å². The number of fused-ring (bicyclic) bond motifs is 1. The van der Waals surface area contributed by atoms with Crippen molar-refractivity contribution in [1.29, 1.82) is 0 Å². The molecule has 0 aliphatic carbocycles. The summed E-state index contributed by atoms with van der Waals surface area (Å²) in [6.07, 6.45) is 4.51. The standard InChI is InChI=1S/C22H20N2O2S/c1-27-18-10-8-15(9-11-18)22(25)24-14-17-13-16-5-4-6-19(21(16)26-17)20-7-2-3-12-23-20/h2-12,17H,13-14H2,1H3,(H,24,25). The van der Waals surface area contributed by atoms with Crippen LogP contribution < -0.4 is 10.1 Å². The molecule has 3 aromatic rings. The van der Waals surface area contributed by atoms with Crippen molar-refractivity contribution in [3.63, 3.8) is 0 Å². The molecule has 4 rings (SSSR count). The topological polar surface area (TPSA) is 51.2 Å². The third-order valence-electron chi connectivity index (χ3n) is 4.61. The third-order valence-corrected chi connectivity index (χ3v) is 5.36. The number of nitrogens with zero attached hydrogens (tertiary/aromatic N) is 1. The zero-order chi connectivity index (χ0) is 18.6. The van der Waals surface area contributed by atoms with Gasteiger partial charge in [0.25, 0.3) is 5.91 Å². The lowest BCUT2D eigenvalue weighted by atomic mass is 10.0. The van der Waals surface area contributed by atoms with Crippen LogP contribution in [0.5, 0.6) is 5.75 Å². The average molecular weight is 376 g/mol. The second-order valence-corrected chi connectivity index (χ2v) is 7.27. The van der Waals surface area contributed by atoms with Crippen LogP contribution in [0.1, 0.15) is 15.9 Å². The number of hydrogen-bond donors (Lipinski definition) is 1. The highest BCUT2D eigenvalue weighted by Crippen LogP contribution is 2.37. The molecule has 0 saturated carbocycles. The predicted molar refractivity (Wildman–Crippen MR) is 108 cm³/mol. The van der Waals surface area contributed by atoms with Crippen LogP contribution in [0.4, 0.5) is 0 Å². The molecule has 0 fully saturated rings. The van der Waals surface area contributed by atoms with Crippen LogP contribution in [0.25, 0.3) is 11.3 Å². The molecule has 1 aliphatic rings. The highest BCUT2D eigenvalue weighted by atomic mass is 32.2. The van der Waals surface area contributed by atoms with Gasteiger partial charge in [0.2, 0.25) is 0 Å². The summed E-state index contributed by atoms with van der Waals surface area (Å²) in [5.41, 5.74) is 3.71. The number of carbonyl (C=O) groups excluding carboxylic acids is 1. The first-order valence-corrected chi connectivity index (χ1v) is 10.1. The van der Waals surface area contributed by atoms with Crippen LogP contribution in [-0.4, -0.2) is 29.8 Å². The van der Waals surface area contributed by atoms with Crippen LogP contribution in [-0.2, 0) is 6.42 Å². The van der Waals surface area contributed by atoms with Gasteiger partial charge in [0.15, 0.2) is 0 Å². The molecule has 1 aromatic heterocycles. The SMILES string of the molecule is CSc1ccc(C(=O)NCC2Cc3cccc(-c4ccccn4)c3O2)cc1. The Bertz CT molecular complexity index is 942. The highest BCUT2D eigenvalue weighted by molar-refractivity contribution is 7.98. The molecule has 136 valence electrons. The number of nitrogens with one attached hydrogen (secondary N) is 1. The normalized spacial score (nSPS) is 15.1. The number of aromatic nitrogens is 1. The summed E-state index contributed by atoms with van der Waals surface area (Å²) in [5, 5.41) is 2.99. The van der Waals surface area contributed by atoms with Crippen LogP contribution in [0, 0.1) is 0 Å². The Morgan fingerprint density at radius 1 is 1.15 bits per heavy atom. The molecule has 2 aromatic carbocycles. The van der Waals surface area contributed by atoms with Gasteiger partial charge in [-0.05, 0) is 54.3 Å². The second-order valence-electron chi connectivity index (χ2n) is 6.39. The number of carbonyl (C=O) groups is 1. The lowest BCUT2D eigenvalue weighted by molar-refractivity contribution is 0.0933. The molecule has 4 nitrogen and oxygen atoms in total. The molecule has 27 heavy (non-hydrogen) atoms. The van der Waals surface area contributed by atoms with E-state index in [4.69, 9.17) is 4.74 Å². The summed E-state index contributed by atoms with van der Waals surface area (Å²) >= 11 is 1.66. The Balaban J connectivity index is 1.42. The molecule has 0 spiro atoms. The van der Waals surface area contributed by atoms with Crippen molar-refractivity contribution >= 4 is 17.7 Å². The summed E-state index contributed by atoms with van der Waals surface area (Å²) in [4.78, 5) is 17.9. The van der Waals surface area contributed by atoms with Gasteiger partial charge in [0, 0.05) is 28.6 Å². The molecule has 2 heterocycles. The molecular weight excluding hydrogens is 356 g/mol. The fourth-order valence-electron chi connectivity index (χ4n) is 3.23. The molecule has 0 radical (unpaired) electrons. The van der Waals surface area contributed by atoms with E-state index < -0.39 is 0 Å². The Morgan fingerprint density at radius 3 is 2.74 bits per heavy atom. The molecular formula is C22H20N2O2S. The van der Waals surface area contributed by atoms with Gasteiger partial charge in [-0.3, -0.25) is 9.78 Å². The van der Waals surface area contributed by atoms with E-state index in [9.17, 15) is 4.79 Å². The number of para-hydroxylation sites is 1. The minimum atomic E-state index is -0.0767. The molecule has 1 atom stereocenters. The first-order chi connectivity index (χ1) is 13.2. The molecule has 5 heteroatoms. The van der Waals surface area contributed by atoms with E-state index in [0.717, 1.165) is 33.9 Å². The Kier molecular flexibility index (Phi) is 5.12. The molecule has 0 bridgehead atoms. The first-order valence-electron chi connectivity index (χ1n) is 8.87. The van der Waals surface area contributed by atoms with Crippen molar-refractivity contribution in [2.75, 3.05) is 12.8 Å². The van der Waals surface area contributed by atoms with E-state index in [1.165, 1.54) is 0 Å². The lowest BCUT2D eigenvalue weighted by Gasteiger charge is -2.13. The summed E-state index contributed by atoms with van der Waals surface area (Å²) in [6, 6.07) is 19.6. The van der Waals surface area contributed by atoms with E-state index in [-0.39, 0.29) is 12.0 Å². The average Bonchev–Trinajstić information content (AvgIpc) is 3.16. The van der Waals surface area contributed by atoms with Crippen LogP contribution in [0.3, 0.4) is 0 Å². The van der Waals surface area contributed by atoms with Gasteiger partial charge < -0.3 is 10.1 Å². The second kappa shape index (κ2) is 7.84. The summed E-state index contributed by atoms with van der Waals surface area (Å²) < 4.78 is 6.16. The summed E-state index contributed by atoms with van der Waals surface area (Å²) in [6.45, 7) is 0.472. The van der Waals surface area contributed by atoms with E-state index in [0.29, 0.717) is 12.1 Å². The monoisotopic (exact) mass is 376 g/mol. The number of thioether (sulfide) groups is 1. The maximum Gasteiger partial charge on any atom is 0.251 e. The fraction of sp³-hybridized carbons (Fsp3) is 0.182. The molecule has 0 saturated heterocycles. The van der Waals surface area contributed by atoms with E-state index in [1.54, 1.807) is 18.0 Å².